The van der Waals surface area contributed by atoms with Crippen molar-refractivity contribution < 1.29 is 9.18 Å². The van der Waals surface area contributed by atoms with Gasteiger partial charge < -0.3 is 10.6 Å². The molecule has 0 radical (unpaired) electrons. The van der Waals surface area contributed by atoms with Crippen LogP contribution >= 0.6 is 0 Å². The van der Waals surface area contributed by atoms with Crippen LogP contribution in [-0.2, 0) is 0 Å². The first-order chi connectivity index (χ1) is 12.1. The van der Waals surface area contributed by atoms with E-state index in [1.54, 1.807) is 18.2 Å². The number of benzene rings is 2. The van der Waals surface area contributed by atoms with E-state index in [1.165, 1.54) is 18.5 Å². The molecule has 1 heterocycles. The zero-order chi connectivity index (χ0) is 17.6. The van der Waals surface area contributed by atoms with E-state index in [9.17, 15) is 9.18 Å². The number of nitrogens with one attached hydrogen (secondary N) is 2. The first kappa shape index (κ1) is 16.6. The van der Waals surface area contributed by atoms with Crippen molar-refractivity contribution in [1.82, 2.24) is 15.3 Å². The van der Waals surface area contributed by atoms with Gasteiger partial charge in [0.05, 0.1) is 17.3 Å². The second-order valence-corrected chi connectivity index (χ2v) is 5.51. The molecule has 25 heavy (non-hydrogen) atoms. The van der Waals surface area contributed by atoms with E-state index in [1.807, 2.05) is 37.3 Å². The summed E-state index contributed by atoms with van der Waals surface area (Å²) < 4.78 is 13.6. The van der Waals surface area contributed by atoms with Crippen LogP contribution in [0.5, 0.6) is 0 Å². The largest absolute Gasteiger partial charge is 0.345 e. The molecule has 3 aromatic rings. The summed E-state index contributed by atoms with van der Waals surface area (Å²) in [7, 11) is 0. The summed E-state index contributed by atoms with van der Waals surface area (Å²) in [5, 5.41) is 5.67. The Hall–Kier alpha value is -3.28. The highest BCUT2D eigenvalue weighted by molar-refractivity contribution is 5.93. The number of nitrogens with zero attached hydrogens (tertiary/aromatic N) is 2. The summed E-state index contributed by atoms with van der Waals surface area (Å²) in [4.78, 5) is 20.4. The van der Waals surface area contributed by atoms with Crippen molar-refractivity contribution in [3.63, 3.8) is 0 Å². The van der Waals surface area contributed by atoms with Crippen molar-refractivity contribution in [3.8, 4) is 0 Å². The zero-order valence-electron chi connectivity index (χ0n) is 13.6. The number of aromatic nitrogens is 2. The molecule has 0 fully saturated rings. The lowest BCUT2D eigenvalue weighted by Gasteiger charge is -2.14. The molecule has 2 N–H and O–H groups in total. The number of halogens is 1. The molecule has 3 rings (SSSR count). The standard InChI is InChI=1S/C19H17FN4O/c1-13(14-7-3-2-4-8-14)23-18(25)15-11-21-19(22-12-15)24-17-10-6-5-9-16(17)20/h2-13H,1H3,(H,23,25)(H,21,22,24). The Bertz CT molecular complexity index is 853. The normalized spacial score (nSPS) is 11.6. The topological polar surface area (TPSA) is 66.9 Å². The molecular weight excluding hydrogens is 319 g/mol. The van der Waals surface area contributed by atoms with Crippen LogP contribution in [0, 0.1) is 5.82 Å². The Kier molecular flexibility index (Phi) is 4.99. The van der Waals surface area contributed by atoms with Crippen molar-refractivity contribution >= 4 is 17.5 Å². The number of amides is 1. The molecule has 5 nitrogen and oxygen atoms in total. The van der Waals surface area contributed by atoms with Crippen molar-refractivity contribution in [2.24, 2.45) is 0 Å². The number of carbonyl (C=O) groups is 1. The van der Waals surface area contributed by atoms with E-state index in [2.05, 4.69) is 20.6 Å². The van der Waals surface area contributed by atoms with Gasteiger partial charge in [-0.1, -0.05) is 42.5 Å². The molecule has 6 heteroatoms. The minimum absolute atomic E-state index is 0.134. The first-order valence-electron chi connectivity index (χ1n) is 7.83. The number of para-hydroxylation sites is 1. The SMILES string of the molecule is CC(NC(=O)c1cnc(Nc2ccccc2F)nc1)c1ccccc1. The maximum atomic E-state index is 13.6. The highest BCUT2D eigenvalue weighted by Gasteiger charge is 2.12. The fourth-order valence-electron chi connectivity index (χ4n) is 2.30. The van der Waals surface area contributed by atoms with Gasteiger partial charge in [-0.25, -0.2) is 14.4 Å². The summed E-state index contributed by atoms with van der Waals surface area (Å²) in [5.74, 6) is -0.448. The average Bonchev–Trinajstić information content (AvgIpc) is 2.65. The smallest absolute Gasteiger partial charge is 0.254 e. The Morgan fingerprint density at radius 2 is 1.64 bits per heavy atom. The molecule has 1 unspecified atom stereocenters. The summed E-state index contributed by atoms with van der Waals surface area (Å²) in [6, 6.07) is 15.8. The fourth-order valence-corrected chi connectivity index (χ4v) is 2.30. The number of hydrogen-bond donors (Lipinski definition) is 2. The van der Waals surface area contributed by atoms with Gasteiger partial charge in [0.25, 0.3) is 5.91 Å². The van der Waals surface area contributed by atoms with Crippen molar-refractivity contribution in [3.05, 3.63) is 83.9 Å². The van der Waals surface area contributed by atoms with Crippen LogP contribution in [0.25, 0.3) is 0 Å². The summed E-state index contributed by atoms with van der Waals surface area (Å²) in [5.41, 5.74) is 1.62. The molecule has 0 aliphatic carbocycles. The van der Waals surface area contributed by atoms with Crippen molar-refractivity contribution in [2.45, 2.75) is 13.0 Å². The average molecular weight is 336 g/mol. The van der Waals surface area contributed by atoms with Gasteiger partial charge in [-0.2, -0.15) is 0 Å². The molecule has 1 atom stereocenters. The third kappa shape index (κ3) is 4.17. The predicted molar refractivity (Wildman–Crippen MR) is 94.0 cm³/mol. The minimum atomic E-state index is -0.399. The molecule has 0 saturated heterocycles. The molecular formula is C19H17FN4O. The van der Waals surface area contributed by atoms with Crippen LogP contribution in [0.15, 0.2) is 67.0 Å². The molecule has 2 aromatic carbocycles. The maximum Gasteiger partial charge on any atom is 0.254 e. The third-order valence-corrected chi connectivity index (χ3v) is 3.68. The molecule has 0 aliphatic rings. The lowest BCUT2D eigenvalue weighted by atomic mass is 10.1. The van der Waals surface area contributed by atoms with E-state index >= 15 is 0 Å². The fraction of sp³-hybridized carbons (Fsp3) is 0.105. The van der Waals surface area contributed by atoms with Gasteiger partial charge in [-0.05, 0) is 24.6 Å². The second-order valence-electron chi connectivity index (χ2n) is 5.51. The van der Waals surface area contributed by atoms with E-state index in [4.69, 9.17) is 0 Å². The van der Waals surface area contributed by atoms with Gasteiger partial charge in [-0.3, -0.25) is 4.79 Å². The van der Waals surface area contributed by atoms with Crippen molar-refractivity contribution in [2.75, 3.05) is 5.32 Å². The molecule has 0 spiro atoms. The van der Waals surface area contributed by atoms with Gasteiger partial charge in [-0.15, -0.1) is 0 Å². The Morgan fingerprint density at radius 3 is 2.32 bits per heavy atom. The minimum Gasteiger partial charge on any atom is -0.345 e. The predicted octanol–water partition coefficient (Wildman–Crippen LogP) is 3.85. The van der Waals surface area contributed by atoms with Crippen LogP contribution in [-0.4, -0.2) is 15.9 Å². The lowest BCUT2D eigenvalue weighted by Crippen LogP contribution is -2.26. The van der Waals surface area contributed by atoms with E-state index in [0.29, 0.717) is 5.56 Å². The molecule has 126 valence electrons. The van der Waals surface area contributed by atoms with Gasteiger partial charge >= 0.3 is 0 Å². The molecule has 0 aliphatic heterocycles. The highest BCUT2D eigenvalue weighted by atomic mass is 19.1. The Morgan fingerprint density at radius 1 is 1.00 bits per heavy atom. The second kappa shape index (κ2) is 7.53. The van der Waals surface area contributed by atoms with Crippen molar-refractivity contribution in [1.29, 1.82) is 0 Å². The molecule has 1 aromatic heterocycles. The summed E-state index contributed by atoms with van der Waals surface area (Å²) in [6.07, 6.45) is 2.81. The number of hydrogen-bond acceptors (Lipinski definition) is 4. The van der Waals surface area contributed by atoms with Crippen LogP contribution in [0.2, 0.25) is 0 Å². The van der Waals surface area contributed by atoms with E-state index < -0.39 is 5.82 Å². The molecule has 0 bridgehead atoms. The van der Waals surface area contributed by atoms with Crippen LogP contribution in [0.1, 0.15) is 28.9 Å². The molecule has 1 amide bonds. The first-order valence-corrected chi connectivity index (χ1v) is 7.83. The highest BCUT2D eigenvalue weighted by Crippen LogP contribution is 2.17. The number of anilines is 2. The summed E-state index contributed by atoms with van der Waals surface area (Å²) >= 11 is 0. The van der Waals surface area contributed by atoms with Gasteiger partial charge in [0, 0.05) is 12.4 Å². The van der Waals surface area contributed by atoms with E-state index in [0.717, 1.165) is 5.56 Å². The van der Waals surface area contributed by atoms with Crippen LogP contribution in [0.4, 0.5) is 16.0 Å². The monoisotopic (exact) mass is 336 g/mol. The van der Waals surface area contributed by atoms with Gasteiger partial charge in [0.2, 0.25) is 5.95 Å². The van der Waals surface area contributed by atoms with Crippen LogP contribution in [0.3, 0.4) is 0 Å². The summed E-state index contributed by atoms with van der Waals surface area (Å²) in [6.45, 7) is 1.90. The Balaban J connectivity index is 1.65. The molecule has 0 saturated carbocycles. The van der Waals surface area contributed by atoms with Crippen LogP contribution < -0.4 is 10.6 Å². The maximum absolute atomic E-state index is 13.6. The zero-order valence-corrected chi connectivity index (χ0v) is 13.6. The third-order valence-electron chi connectivity index (χ3n) is 3.68. The number of rotatable bonds is 5. The quantitative estimate of drug-likeness (QED) is 0.743. The Labute approximate surface area is 145 Å². The van der Waals surface area contributed by atoms with Gasteiger partial charge in [0.15, 0.2) is 0 Å². The van der Waals surface area contributed by atoms with Gasteiger partial charge in [0.1, 0.15) is 5.82 Å². The number of carbonyl (C=O) groups excluding carboxylic acids is 1. The van der Waals surface area contributed by atoms with E-state index in [-0.39, 0.29) is 23.6 Å². The lowest BCUT2D eigenvalue weighted by molar-refractivity contribution is 0.0939.